The van der Waals surface area contributed by atoms with Crippen LogP contribution in [0.3, 0.4) is 0 Å². The minimum absolute atomic E-state index is 0.103. The van der Waals surface area contributed by atoms with E-state index in [1.165, 1.54) is 24.3 Å². The van der Waals surface area contributed by atoms with Gasteiger partial charge in [0.15, 0.2) is 9.84 Å². The molecule has 112 valence electrons. The van der Waals surface area contributed by atoms with Crippen molar-refractivity contribution in [2.75, 3.05) is 12.8 Å². The van der Waals surface area contributed by atoms with E-state index in [4.69, 9.17) is 11.6 Å². The van der Waals surface area contributed by atoms with Gasteiger partial charge in [0.05, 0.1) is 10.3 Å². The number of amides is 1. The van der Waals surface area contributed by atoms with E-state index in [9.17, 15) is 13.2 Å². The first-order valence-electron chi connectivity index (χ1n) is 6.42. The summed E-state index contributed by atoms with van der Waals surface area (Å²) >= 11 is 6.10. The molecule has 6 heteroatoms. The molecule has 20 heavy (non-hydrogen) atoms. The second-order valence-electron chi connectivity index (χ2n) is 5.23. The van der Waals surface area contributed by atoms with Crippen LogP contribution >= 0.6 is 11.6 Å². The lowest BCUT2D eigenvalue weighted by atomic mass is 10.1. The third-order valence-corrected chi connectivity index (χ3v) is 4.22. The molecule has 0 heterocycles. The van der Waals surface area contributed by atoms with Crippen molar-refractivity contribution in [3.8, 4) is 0 Å². The lowest BCUT2D eigenvalue weighted by molar-refractivity contribution is 0.0952. The first kappa shape index (κ1) is 17.0. The molecule has 0 radical (unpaired) electrons. The first-order valence-corrected chi connectivity index (χ1v) is 8.75. The molecule has 1 aromatic rings. The molecule has 1 N–H and O–H groups in total. The maximum Gasteiger partial charge on any atom is 0.251 e. The molecule has 1 unspecified atom stereocenters. The van der Waals surface area contributed by atoms with Crippen LogP contribution in [0.1, 0.15) is 30.6 Å². The van der Waals surface area contributed by atoms with E-state index in [1.807, 2.05) is 0 Å². The SMILES string of the molecule is CC(C)CC(Cl)CNC(=O)c1ccc(S(C)(=O)=O)cc1. The van der Waals surface area contributed by atoms with Crippen LogP contribution in [0.2, 0.25) is 0 Å². The molecule has 0 saturated carbocycles. The second kappa shape index (κ2) is 7.09. The number of alkyl halides is 1. The molecule has 1 aromatic carbocycles. The number of rotatable bonds is 6. The largest absolute Gasteiger partial charge is 0.351 e. The summed E-state index contributed by atoms with van der Waals surface area (Å²) in [4.78, 5) is 12.1. The lowest BCUT2D eigenvalue weighted by Gasteiger charge is -2.13. The summed E-state index contributed by atoms with van der Waals surface area (Å²) in [6.45, 7) is 4.54. The number of benzene rings is 1. The molecule has 1 amide bonds. The molecule has 0 fully saturated rings. The number of carbonyl (C=O) groups is 1. The molecule has 4 nitrogen and oxygen atoms in total. The van der Waals surface area contributed by atoms with Gasteiger partial charge in [-0.05, 0) is 36.6 Å². The van der Waals surface area contributed by atoms with Gasteiger partial charge in [0.25, 0.3) is 5.91 Å². The molecule has 0 aromatic heterocycles. The topological polar surface area (TPSA) is 63.2 Å². The average molecular weight is 318 g/mol. The number of hydrogen-bond donors (Lipinski definition) is 1. The Bertz CT molecular complexity index is 552. The van der Waals surface area contributed by atoms with Gasteiger partial charge >= 0.3 is 0 Å². The molecule has 1 rings (SSSR count). The van der Waals surface area contributed by atoms with Gasteiger partial charge in [-0.25, -0.2) is 8.42 Å². The Morgan fingerprint density at radius 3 is 2.25 bits per heavy atom. The van der Waals surface area contributed by atoms with Crippen LogP contribution in [0, 0.1) is 5.92 Å². The van der Waals surface area contributed by atoms with Crippen molar-refractivity contribution in [1.29, 1.82) is 0 Å². The number of nitrogens with one attached hydrogen (secondary N) is 1. The lowest BCUT2D eigenvalue weighted by Crippen LogP contribution is -2.30. The predicted octanol–water partition coefficient (Wildman–Crippen LogP) is 2.47. The fraction of sp³-hybridized carbons (Fsp3) is 0.500. The van der Waals surface area contributed by atoms with Crippen molar-refractivity contribution >= 4 is 27.3 Å². The minimum atomic E-state index is -3.24. The highest BCUT2D eigenvalue weighted by molar-refractivity contribution is 7.90. The highest BCUT2D eigenvalue weighted by Crippen LogP contribution is 2.12. The molecular formula is C14H20ClNO3S. The maximum atomic E-state index is 11.9. The number of halogens is 1. The van der Waals surface area contributed by atoms with Crippen LogP contribution in [0.4, 0.5) is 0 Å². The number of sulfone groups is 1. The van der Waals surface area contributed by atoms with Crippen molar-refractivity contribution < 1.29 is 13.2 Å². The van der Waals surface area contributed by atoms with Crippen LogP contribution in [-0.4, -0.2) is 32.5 Å². The van der Waals surface area contributed by atoms with E-state index in [0.717, 1.165) is 12.7 Å². The molecule has 0 aliphatic rings. The molecule has 0 bridgehead atoms. The van der Waals surface area contributed by atoms with Gasteiger partial charge in [-0.2, -0.15) is 0 Å². The Morgan fingerprint density at radius 1 is 1.25 bits per heavy atom. The highest BCUT2D eigenvalue weighted by Gasteiger charge is 2.12. The summed E-state index contributed by atoms with van der Waals surface area (Å²) < 4.78 is 22.6. The third-order valence-electron chi connectivity index (χ3n) is 2.76. The average Bonchev–Trinajstić information content (AvgIpc) is 2.34. The van der Waals surface area contributed by atoms with Gasteiger partial charge in [-0.3, -0.25) is 4.79 Å². The van der Waals surface area contributed by atoms with Crippen molar-refractivity contribution in [3.63, 3.8) is 0 Å². The van der Waals surface area contributed by atoms with Gasteiger partial charge in [0.2, 0.25) is 0 Å². The van der Waals surface area contributed by atoms with Gasteiger partial charge in [0, 0.05) is 18.4 Å². The molecule has 0 spiro atoms. The van der Waals surface area contributed by atoms with Crippen molar-refractivity contribution in [1.82, 2.24) is 5.32 Å². The summed E-state index contributed by atoms with van der Waals surface area (Å²) in [5, 5.41) is 2.64. The maximum absolute atomic E-state index is 11.9. The van der Waals surface area contributed by atoms with Gasteiger partial charge < -0.3 is 5.32 Å². The summed E-state index contributed by atoms with van der Waals surface area (Å²) in [5.41, 5.74) is 0.422. The standard InChI is InChI=1S/C14H20ClNO3S/c1-10(2)8-12(15)9-16-14(17)11-4-6-13(7-5-11)20(3,18)19/h4-7,10,12H,8-9H2,1-3H3,(H,16,17). The van der Waals surface area contributed by atoms with Crippen LogP contribution in [0.15, 0.2) is 29.2 Å². The van der Waals surface area contributed by atoms with Crippen molar-refractivity contribution in [3.05, 3.63) is 29.8 Å². The Morgan fingerprint density at radius 2 is 1.80 bits per heavy atom. The second-order valence-corrected chi connectivity index (χ2v) is 7.87. The van der Waals surface area contributed by atoms with Crippen molar-refractivity contribution in [2.24, 2.45) is 5.92 Å². The van der Waals surface area contributed by atoms with Crippen molar-refractivity contribution in [2.45, 2.75) is 30.5 Å². The van der Waals surface area contributed by atoms with E-state index in [1.54, 1.807) is 0 Å². The van der Waals surface area contributed by atoms with E-state index >= 15 is 0 Å². The zero-order valence-corrected chi connectivity index (χ0v) is 13.5. The Balaban J connectivity index is 2.60. The van der Waals surface area contributed by atoms with Crippen LogP contribution in [0.25, 0.3) is 0 Å². The summed E-state index contributed by atoms with van der Waals surface area (Å²) in [5.74, 6) is 0.225. The fourth-order valence-corrected chi connectivity index (χ4v) is 2.82. The number of hydrogen-bond acceptors (Lipinski definition) is 3. The quantitative estimate of drug-likeness (QED) is 0.820. The van der Waals surface area contributed by atoms with Crippen LogP contribution < -0.4 is 5.32 Å². The van der Waals surface area contributed by atoms with E-state index < -0.39 is 9.84 Å². The molecule has 0 aliphatic heterocycles. The smallest absolute Gasteiger partial charge is 0.251 e. The summed E-state index contributed by atoms with van der Waals surface area (Å²) in [7, 11) is -3.24. The van der Waals surface area contributed by atoms with E-state index in [-0.39, 0.29) is 16.2 Å². The van der Waals surface area contributed by atoms with Crippen LogP contribution in [-0.2, 0) is 9.84 Å². The zero-order valence-electron chi connectivity index (χ0n) is 11.9. The van der Waals surface area contributed by atoms with Gasteiger partial charge in [-0.15, -0.1) is 11.6 Å². The minimum Gasteiger partial charge on any atom is -0.351 e. The van der Waals surface area contributed by atoms with Crippen LogP contribution in [0.5, 0.6) is 0 Å². The van der Waals surface area contributed by atoms with E-state index in [0.29, 0.717) is 18.0 Å². The Hall–Kier alpha value is -1.07. The summed E-state index contributed by atoms with van der Waals surface area (Å²) in [6.07, 6.45) is 1.96. The molecule has 0 aliphatic carbocycles. The Labute approximate surface area is 125 Å². The normalized spacial score (nSPS) is 13.2. The highest BCUT2D eigenvalue weighted by atomic mass is 35.5. The fourth-order valence-electron chi connectivity index (χ4n) is 1.75. The predicted molar refractivity (Wildman–Crippen MR) is 81.0 cm³/mol. The number of carbonyl (C=O) groups excluding carboxylic acids is 1. The zero-order chi connectivity index (χ0) is 15.3. The van der Waals surface area contributed by atoms with Gasteiger partial charge in [0.1, 0.15) is 0 Å². The first-order chi connectivity index (χ1) is 9.20. The van der Waals surface area contributed by atoms with Gasteiger partial charge in [-0.1, -0.05) is 13.8 Å². The summed E-state index contributed by atoms with van der Waals surface area (Å²) in [6, 6.07) is 5.85. The van der Waals surface area contributed by atoms with E-state index in [2.05, 4.69) is 19.2 Å². The Kier molecular flexibility index (Phi) is 6.02. The monoisotopic (exact) mass is 317 g/mol. The molecular weight excluding hydrogens is 298 g/mol. The third kappa shape index (κ3) is 5.51. The molecule has 1 atom stereocenters. The molecule has 0 saturated heterocycles.